The molecule has 8 heteroatoms. The Morgan fingerprint density at radius 2 is 1.93 bits per heavy atom. The fourth-order valence-electron chi connectivity index (χ4n) is 3.55. The summed E-state index contributed by atoms with van der Waals surface area (Å²) in [5.41, 5.74) is 2.37. The van der Waals surface area contributed by atoms with Crippen LogP contribution in [0.3, 0.4) is 0 Å². The van der Waals surface area contributed by atoms with E-state index in [4.69, 9.17) is 9.47 Å². The van der Waals surface area contributed by atoms with Crippen LogP contribution in [0.4, 0.5) is 11.5 Å². The van der Waals surface area contributed by atoms with E-state index in [2.05, 4.69) is 15.7 Å². The second-order valence-corrected chi connectivity index (χ2v) is 6.83. The van der Waals surface area contributed by atoms with Crippen molar-refractivity contribution in [2.75, 3.05) is 23.8 Å². The largest absolute Gasteiger partial charge is 0.486 e. The van der Waals surface area contributed by atoms with E-state index < -0.39 is 6.04 Å². The minimum atomic E-state index is -0.695. The summed E-state index contributed by atoms with van der Waals surface area (Å²) < 4.78 is 12.6. The summed E-state index contributed by atoms with van der Waals surface area (Å²) >= 11 is 0. The zero-order valence-corrected chi connectivity index (χ0v) is 15.4. The zero-order valence-electron chi connectivity index (χ0n) is 15.4. The second kappa shape index (κ2) is 6.97. The molecule has 2 N–H and O–H groups in total. The maximum absolute atomic E-state index is 12.6. The first-order valence-electron chi connectivity index (χ1n) is 9.32. The lowest BCUT2D eigenvalue weighted by Gasteiger charge is -2.19. The van der Waals surface area contributed by atoms with Gasteiger partial charge in [0.15, 0.2) is 11.5 Å². The first kappa shape index (κ1) is 17.3. The third kappa shape index (κ3) is 3.18. The highest BCUT2D eigenvalue weighted by Crippen LogP contribution is 2.36. The Morgan fingerprint density at radius 1 is 1.14 bits per heavy atom. The lowest BCUT2D eigenvalue weighted by Crippen LogP contribution is -2.23. The third-order valence-electron chi connectivity index (χ3n) is 4.92. The number of carbonyl (C=O) groups is 2. The highest BCUT2D eigenvalue weighted by Gasteiger charge is 2.35. The molecule has 2 amide bonds. The van der Waals surface area contributed by atoms with Crippen molar-refractivity contribution < 1.29 is 19.1 Å². The van der Waals surface area contributed by atoms with Gasteiger partial charge in [-0.1, -0.05) is 30.3 Å². The van der Waals surface area contributed by atoms with E-state index in [1.807, 2.05) is 30.3 Å². The number of nitrogens with one attached hydrogen (secondary N) is 2. The van der Waals surface area contributed by atoms with Crippen LogP contribution < -0.4 is 20.1 Å². The topological polar surface area (TPSA) is 94.5 Å². The number of benzene rings is 2. The van der Waals surface area contributed by atoms with Crippen molar-refractivity contribution >= 4 is 23.3 Å². The van der Waals surface area contributed by atoms with Crippen LogP contribution in [0.15, 0.2) is 54.7 Å². The third-order valence-corrected chi connectivity index (χ3v) is 4.92. The van der Waals surface area contributed by atoms with Gasteiger partial charge in [0.25, 0.3) is 5.91 Å². The molecule has 0 radical (unpaired) electrons. The summed E-state index contributed by atoms with van der Waals surface area (Å²) in [7, 11) is 0. The molecule has 0 aliphatic carbocycles. The summed E-state index contributed by atoms with van der Waals surface area (Å²) in [6, 6.07) is 14.2. The number of rotatable bonds is 4. The van der Waals surface area contributed by atoms with Gasteiger partial charge in [-0.3, -0.25) is 9.59 Å². The molecular weight excluding hydrogens is 372 g/mol. The van der Waals surface area contributed by atoms with Crippen LogP contribution in [0, 0.1) is 0 Å². The molecule has 2 aromatic carbocycles. The molecule has 0 fully saturated rings. The Kier molecular flexibility index (Phi) is 4.16. The number of nitrogens with zero attached hydrogens (tertiary/aromatic N) is 2. The molecule has 0 bridgehead atoms. The molecular formula is C21H18N4O4. The van der Waals surface area contributed by atoms with Gasteiger partial charge in [0.05, 0.1) is 12.6 Å². The highest BCUT2D eigenvalue weighted by atomic mass is 16.6. The molecule has 5 rings (SSSR count). The van der Waals surface area contributed by atoms with Crippen LogP contribution in [0.2, 0.25) is 0 Å². The van der Waals surface area contributed by atoms with Crippen molar-refractivity contribution in [1.29, 1.82) is 0 Å². The fourth-order valence-corrected chi connectivity index (χ4v) is 3.55. The van der Waals surface area contributed by atoms with Crippen molar-refractivity contribution in [2.45, 2.75) is 12.5 Å². The van der Waals surface area contributed by atoms with Gasteiger partial charge >= 0.3 is 0 Å². The van der Waals surface area contributed by atoms with Gasteiger partial charge in [-0.15, -0.1) is 0 Å². The zero-order chi connectivity index (χ0) is 19.8. The van der Waals surface area contributed by atoms with Gasteiger partial charge in [-0.05, 0) is 17.7 Å². The van der Waals surface area contributed by atoms with Crippen LogP contribution in [-0.4, -0.2) is 34.8 Å². The van der Waals surface area contributed by atoms with E-state index in [0.717, 1.165) is 11.1 Å². The average molecular weight is 390 g/mol. The minimum absolute atomic E-state index is 0.0246. The predicted molar refractivity (Wildman–Crippen MR) is 106 cm³/mol. The van der Waals surface area contributed by atoms with Crippen LogP contribution in [-0.2, 0) is 9.59 Å². The molecule has 29 heavy (non-hydrogen) atoms. The minimum Gasteiger partial charge on any atom is -0.486 e. The normalized spacial score (nSPS) is 16.8. The molecule has 3 heterocycles. The number of ether oxygens (including phenoxy) is 2. The standard InChI is InChI=1S/C21H18N4O4/c26-19(23-14-6-7-17-18(10-14)29-9-8-28-17)11-16-21(27)24-20-15(12-22-25(16)20)13-4-2-1-3-5-13/h1-7,10,12,16H,8-9,11H2,(H,23,26)(H,24,27). The highest BCUT2D eigenvalue weighted by molar-refractivity contribution is 6.04. The van der Waals surface area contributed by atoms with E-state index in [1.165, 1.54) is 0 Å². The van der Waals surface area contributed by atoms with Crippen molar-refractivity contribution in [1.82, 2.24) is 9.78 Å². The molecule has 1 unspecified atom stereocenters. The first-order valence-corrected chi connectivity index (χ1v) is 9.32. The average Bonchev–Trinajstić information content (AvgIpc) is 3.28. The summed E-state index contributed by atoms with van der Waals surface area (Å²) in [5.74, 6) is 1.32. The van der Waals surface area contributed by atoms with Crippen LogP contribution in [0.1, 0.15) is 12.5 Å². The Bertz CT molecular complexity index is 1090. The SMILES string of the molecule is O=C(CC1C(=O)Nc2c(-c3ccccc3)cnn21)Nc1ccc2c(c1)OCCO2. The van der Waals surface area contributed by atoms with E-state index in [9.17, 15) is 9.59 Å². The molecule has 2 aliphatic heterocycles. The fraction of sp³-hybridized carbons (Fsp3) is 0.190. The van der Waals surface area contributed by atoms with E-state index in [0.29, 0.717) is 36.2 Å². The Balaban J connectivity index is 1.32. The maximum Gasteiger partial charge on any atom is 0.251 e. The number of fused-ring (bicyclic) bond motifs is 2. The summed E-state index contributed by atoms with van der Waals surface area (Å²) in [4.78, 5) is 25.0. The van der Waals surface area contributed by atoms with E-state index in [-0.39, 0.29) is 18.2 Å². The van der Waals surface area contributed by atoms with Crippen LogP contribution in [0.25, 0.3) is 11.1 Å². The van der Waals surface area contributed by atoms with Gasteiger partial charge in [-0.25, -0.2) is 4.68 Å². The smallest absolute Gasteiger partial charge is 0.251 e. The van der Waals surface area contributed by atoms with Crippen molar-refractivity contribution in [3.05, 3.63) is 54.7 Å². The van der Waals surface area contributed by atoms with Gasteiger partial charge < -0.3 is 20.1 Å². The lowest BCUT2D eigenvalue weighted by atomic mass is 10.1. The van der Waals surface area contributed by atoms with Gasteiger partial charge in [0.1, 0.15) is 25.1 Å². The second-order valence-electron chi connectivity index (χ2n) is 6.83. The molecule has 2 aliphatic rings. The number of anilines is 2. The molecule has 146 valence electrons. The molecule has 0 spiro atoms. The van der Waals surface area contributed by atoms with Crippen LogP contribution in [0.5, 0.6) is 11.5 Å². The van der Waals surface area contributed by atoms with Crippen molar-refractivity contribution in [2.24, 2.45) is 0 Å². The molecule has 3 aromatic rings. The Morgan fingerprint density at radius 3 is 2.76 bits per heavy atom. The van der Waals surface area contributed by atoms with E-state index in [1.54, 1.807) is 29.1 Å². The predicted octanol–water partition coefficient (Wildman–Crippen LogP) is 2.84. The van der Waals surface area contributed by atoms with Crippen LogP contribution >= 0.6 is 0 Å². The van der Waals surface area contributed by atoms with E-state index >= 15 is 0 Å². The molecule has 8 nitrogen and oxygen atoms in total. The monoisotopic (exact) mass is 390 g/mol. The summed E-state index contributed by atoms with van der Waals surface area (Å²) in [6.45, 7) is 0.977. The number of hydrogen-bond donors (Lipinski definition) is 2. The number of aromatic nitrogens is 2. The number of carbonyl (C=O) groups excluding carboxylic acids is 2. The van der Waals surface area contributed by atoms with Crippen molar-refractivity contribution in [3.8, 4) is 22.6 Å². The summed E-state index contributed by atoms with van der Waals surface area (Å²) in [6.07, 6.45) is 1.68. The maximum atomic E-state index is 12.6. The van der Waals surface area contributed by atoms with Crippen molar-refractivity contribution in [3.63, 3.8) is 0 Å². The lowest BCUT2D eigenvalue weighted by molar-refractivity contribution is -0.123. The molecule has 1 atom stereocenters. The summed E-state index contributed by atoms with van der Waals surface area (Å²) in [5, 5.41) is 10.0. The first-order chi connectivity index (χ1) is 14.2. The Hall–Kier alpha value is -3.81. The Labute approximate surface area is 166 Å². The van der Waals surface area contributed by atoms with Gasteiger partial charge in [0, 0.05) is 17.3 Å². The van der Waals surface area contributed by atoms with Gasteiger partial charge in [0.2, 0.25) is 5.91 Å². The molecule has 1 aromatic heterocycles. The molecule has 0 saturated carbocycles. The molecule has 0 saturated heterocycles. The quantitative estimate of drug-likeness (QED) is 0.714. The number of amides is 2. The van der Waals surface area contributed by atoms with Gasteiger partial charge in [-0.2, -0.15) is 5.10 Å². The number of hydrogen-bond acceptors (Lipinski definition) is 5.